The third-order valence-electron chi connectivity index (χ3n) is 3.25. The summed E-state index contributed by atoms with van der Waals surface area (Å²) in [6.07, 6.45) is 3.82. The number of aromatic nitrogens is 2. The third-order valence-corrected chi connectivity index (χ3v) is 3.25. The molecule has 0 radical (unpaired) electrons. The lowest BCUT2D eigenvalue weighted by Gasteiger charge is -2.09. The SMILES string of the molecule is Cc1nccn1CCNCc1cccc2c1OCO2. The Hall–Kier alpha value is -2.01. The molecule has 2 aromatic rings. The van der Waals surface area contributed by atoms with Gasteiger partial charge in [-0.2, -0.15) is 0 Å². The van der Waals surface area contributed by atoms with Crippen LogP contribution in [0.2, 0.25) is 0 Å². The van der Waals surface area contributed by atoms with Crippen LogP contribution in [-0.4, -0.2) is 22.9 Å². The van der Waals surface area contributed by atoms with Crippen molar-refractivity contribution in [1.82, 2.24) is 14.9 Å². The summed E-state index contributed by atoms with van der Waals surface area (Å²) in [5.74, 6) is 2.75. The van der Waals surface area contributed by atoms with Gasteiger partial charge in [-0.25, -0.2) is 4.98 Å². The smallest absolute Gasteiger partial charge is 0.231 e. The molecule has 1 N–H and O–H groups in total. The van der Waals surface area contributed by atoms with E-state index in [1.54, 1.807) is 0 Å². The number of para-hydroxylation sites is 1. The number of hydrogen-bond acceptors (Lipinski definition) is 4. The number of benzene rings is 1. The van der Waals surface area contributed by atoms with Gasteiger partial charge < -0.3 is 19.4 Å². The Bertz CT molecular complexity index is 566. The van der Waals surface area contributed by atoms with Gasteiger partial charge in [-0.3, -0.25) is 0 Å². The van der Waals surface area contributed by atoms with Crippen molar-refractivity contribution in [3.8, 4) is 11.5 Å². The highest BCUT2D eigenvalue weighted by atomic mass is 16.7. The number of ether oxygens (including phenoxy) is 2. The molecule has 0 unspecified atom stereocenters. The van der Waals surface area contributed by atoms with Crippen LogP contribution >= 0.6 is 0 Å². The standard InChI is InChI=1S/C14H17N3O2/c1-11-16-6-8-17(11)7-5-15-9-12-3-2-4-13-14(12)19-10-18-13/h2-4,6,8,15H,5,7,9-10H2,1H3. The van der Waals surface area contributed by atoms with Crippen LogP contribution in [0.3, 0.4) is 0 Å². The normalized spacial score (nSPS) is 12.9. The molecule has 0 bridgehead atoms. The fourth-order valence-electron chi connectivity index (χ4n) is 2.19. The van der Waals surface area contributed by atoms with Crippen LogP contribution in [0.1, 0.15) is 11.4 Å². The van der Waals surface area contributed by atoms with Crippen molar-refractivity contribution in [2.45, 2.75) is 20.0 Å². The molecule has 0 saturated heterocycles. The number of aryl methyl sites for hydroxylation is 1. The minimum atomic E-state index is 0.320. The van der Waals surface area contributed by atoms with E-state index in [1.165, 1.54) is 0 Å². The minimum absolute atomic E-state index is 0.320. The summed E-state index contributed by atoms with van der Waals surface area (Å²) in [4.78, 5) is 4.20. The van der Waals surface area contributed by atoms with Crippen molar-refractivity contribution in [2.24, 2.45) is 0 Å². The molecule has 1 aliphatic rings. The average Bonchev–Trinajstić information content (AvgIpc) is 3.04. The molecule has 3 rings (SSSR count). The topological polar surface area (TPSA) is 48.3 Å². The summed E-state index contributed by atoms with van der Waals surface area (Å²) < 4.78 is 13.0. The third kappa shape index (κ3) is 2.56. The van der Waals surface area contributed by atoms with Crippen molar-refractivity contribution in [1.29, 1.82) is 0 Å². The first-order chi connectivity index (χ1) is 9.34. The number of hydrogen-bond donors (Lipinski definition) is 1. The minimum Gasteiger partial charge on any atom is -0.454 e. The highest BCUT2D eigenvalue weighted by molar-refractivity contribution is 5.48. The molecular weight excluding hydrogens is 242 g/mol. The molecule has 0 amide bonds. The monoisotopic (exact) mass is 259 g/mol. The summed E-state index contributed by atoms with van der Waals surface area (Å²) >= 11 is 0. The number of rotatable bonds is 5. The summed E-state index contributed by atoms with van der Waals surface area (Å²) in [5.41, 5.74) is 1.14. The molecule has 100 valence electrons. The average molecular weight is 259 g/mol. The van der Waals surface area contributed by atoms with Crippen molar-refractivity contribution in [2.75, 3.05) is 13.3 Å². The fraction of sp³-hybridized carbons (Fsp3) is 0.357. The van der Waals surface area contributed by atoms with Gasteiger partial charge in [0.2, 0.25) is 6.79 Å². The number of nitrogens with one attached hydrogen (secondary N) is 1. The second kappa shape index (κ2) is 5.32. The van der Waals surface area contributed by atoms with Crippen molar-refractivity contribution in [3.05, 3.63) is 42.0 Å². The van der Waals surface area contributed by atoms with Crippen LogP contribution < -0.4 is 14.8 Å². The predicted molar refractivity (Wildman–Crippen MR) is 71.2 cm³/mol. The molecule has 2 heterocycles. The molecule has 0 fully saturated rings. The Morgan fingerprint density at radius 3 is 3.16 bits per heavy atom. The second-order valence-electron chi connectivity index (χ2n) is 4.50. The van der Waals surface area contributed by atoms with E-state index in [9.17, 15) is 0 Å². The molecule has 5 nitrogen and oxygen atoms in total. The summed E-state index contributed by atoms with van der Waals surface area (Å²) in [6.45, 7) is 4.91. The van der Waals surface area contributed by atoms with Gasteiger partial charge in [0.05, 0.1) is 0 Å². The van der Waals surface area contributed by atoms with E-state index >= 15 is 0 Å². The quantitative estimate of drug-likeness (QED) is 0.830. The second-order valence-corrected chi connectivity index (χ2v) is 4.50. The van der Waals surface area contributed by atoms with Crippen molar-refractivity contribution >= 4 is 0 Å². The summed E-state index contributed by atoms with van der Waals surface area (Å²) in [5, 5.41) is 3.41. The van der Waals surface area contributed by atoms with Crippen LogP contribution in [0.4, 0.5) is 0 Å². The fourth-order valence-corrected chi connectivity index (χ4v) is 2.19. The molecule has 0 saturated carbocycles. The van der Waals surface area contributed by atoms with Crippen molar-refractivity contribution < 1.29 is 9.47 Å². The van der Waals surface area contributed by atoms with Gasteiger partial charge in [0.15, 0.2) is 11.5 Å². The Morgan fingerprint density at radius 2 is 2.32 bits per heavy atom. The van der Waals surface area contributed by atoms with Gasteiger partial charge in [0.25, 0.3) is 0 Å². The first-order valence-electron chi connectivity index (χ1n) is 6.40. The molecule has 0 atom stereocenters. The highest BCUT2D eigenvalue weighted by Crippen LogP contribution is 2.35. The van der Waals surface area contributed by atoms with Crippen LogP contribution in [0, 0.1) is 6.92 Å². The van der Waals surface area contributed by atoms with E-state index in [4.69, 9.17) is 9.47 Å². The molecule has 0 aliphatic carbocycles. The first kappa shape index (κ1) is 12.0. The van der Waals surface area contributed by atoms with E-state index in [-0.39, 0.29) is 0 Å². The maximum atomic E-state index is 5.47. The molecule has 19 heavy (non-hydrogen) atoms. The lowest BCUT2D eigenvalue weighted by atomic mass is 10.2. The zero-order valence-corrected chi connectivity index (χ0v) is 10.9. The van der Waals surface area contributed by atoms with Crippen LogP contribution in [0.25, 0.3) is 0 Å². The predicted octanol–water partition coefficient (Wildman–Crippen LogP) is 1.71. The molecule has 1 aliphatic heterocycles. The molecule has 5 heteroatoms. The maximum absolute atomic E-state index is 5.47. The molecular formula is C14H17N3O2. The van der Waals surface area contributed by atoms with Gasteiger partial charge in [-0.1, -0.05) is 12.1 Å². The van der Waals surface area contributed by atoms with E-state index < -0.39 is 0 Å². The lowest BCUT2D eigenvalue weighted by molar-refractivity contribution is 0.173. The van der Waals surface area contributed by atoms with E-state index in [2.05, 4.69) is 20.9 Å². The summed E-state index contributed by atoms with van der Waals surface area (Å²) in [7, 11) is 0. The van der Waals surface area contributed by atoms with E-state index in [0.29, 0.717) is 6.79 Å². The van der Waals surface area contributed by atoms with Gasteiger partial charge in [-0.15, -0.1) is 0 Å². The highest BCUT2D eigenvalue weighted by Gasteiger charge is 2.16. The van der Waals surface area contributed by atoms with Gasteiger partial charge in [0.1, 0.15) is 5.82 Å². The zero-order valence-electron chi connectivity index (χ0n) is 10.9. The van der Waals surface area contributed by atoms with Gasteiger partial charge >= 0.3 is 0 Å². The van der Waals surface area contributed by atoms with Crippen LogP contribution in [-0.2, 0) is 13.1 Å². The lowest BCUT2D eigenvalue weighted by Crippen LogP contribution is -2.20. The molecule has 1 aromatic heterocycles. The number of fused-ring (bicyclic) bond motifs is 1. The summed E-state index contributed by atoms with van der Waals surface area (Å²) in [6, 6.07) is 5.98. The Kier molecular flexibility index (Phi) is 3.37. The van der Waals surface area contributed by atoms with Crippen molar-refractivity contribution in [3.63, 3.8) is 0 Å². The van der Waals surface area contributed by atoms with Crippen LogP contribution in [0.15, 0.2) is 30.6 Å². The molecule has 1 aromatic carbocycles. The van der Waals surface area contributed by atoms with E-state index in [0.717, 1.165) is 42.5 Å². The zero-order chi connectivity index (χ0) is 13.1. The Balaban J connectivity index is 1.53. The largest absolute Gasteiger partial charge is 0.454 e. The maximum Gasteiger partial charge on any atom is 0.231 e. The van der Waals surface area contributed by atoms with E-state index in [1.807, 2.05) is 31.5 Å². The van der Waals surface area contributed by atoms with Crippen LogP contribution in [0.5, 0.6) is 11.5 Å². The number of imidazole rings is 1. The first-order valence-corrected chi connectivity index (χ1v) is 6.40. The Morgan fingerprint density at radius 1 is 1.37 bits per heavy atom. The van der Waals surface area contributed by atoms with Gasteiger partial charge in [-0.05, 0) is 13.0 Å². The van der Waals surface area contributed by atoms with Gasteiger partial charge in [0, 0.05) is 37.6 Å². The number of nitrogens with zero attached hydrogens (tertiary/aromatic N) is 2. The Labute approximate surface area is 112 Å². The molecule has 0 spiro atoms.